The number of hydrogen-bond donors (Lipinski definition) is 1. The van der Waals surface area contributed by atoms with Crippen LogP contribution in [0, 0.1) is 0 Å². The number of nitrogens with zero attached hydrogens (tertiary/aromatic N) is 4. The first-order valence-electron chi connectivity index (χ1n) is 8.49. The summed E-state index contributed by atoms with van der Waals surface area (Å²) in [6, 6.07) is 9.30. The molecular weight excluding hydrogens is 398 g/mol. The molecule has 3 heterocycles. The summed E-state index contributed by atoms with van der Waals surface area (Å²) in [5.41, 5.74) is 1.82. The van der Waals surface area contributed by atoms with Crippen molar-refractivity contribution in [2.45, 2.75) is 13.1 Å². The fraction of sp³-hybridized carbons (Fsp3) is 0.158. The molecular formula is C19H16ClN5O2S. The molecule has 0 radical (unpaired) electrons. The predicted octanol–water partition coefficient (Wildman–Crippen LogP) is 3.16. The van der Waals surface area contributed by atoms with Crippen LogP contribution in [0.4, 0.5) is 0 Å². The lowest BCUT2D eigenvalue weighted by Gasteiger charge is -2.15. The van der Waals surface area contributed by atoms with E-state index in [1.54, 1.807) is 24.0 Å². The van der Waals surface area contributed by atoms with Crippen LogP contribution in [0.1, 0.15) is 21.7 Å². The molecule has 0 unspecified atom stereocenters. The summed E-state index contributed by atoms with van der Waals surface area (Å²) in [5, 5.41) is 6.72. The van der Waals surface area contributed by atoms with Gasteiger partial charge in [-0.15, -0.1) is 11.3 Å². The van der Waals surface area contributed by atoms with E-state index in [0.717, 1.165) is 5.56 Å². The predicted molar refractivity (Wildman–Crippen MR) is 109 cm³/mol. The highest BCUT2D eigenvalue weighted by Gasteiger charge is 2.16. The van der Waals surface area contributed by atoms with Gasteiger partial charge in [0.05, 0.1) is 30.4 Å². The molecule has 142 valence electrons. The zero-order valence-corrected chi connectivity index (χ0v) is 16.5. The topological polar surface area (TPSA) is 83.9 Å². The molecule has 1 amide bonds. The maximum absolute atomic E-state index is 12.7. The first-order valence-corrected chi connectivity index (χ1v) is 9.75. The van der Waals surface area contributed by atoms with Gasteiger partial charge in [0.15, 0.2) is 0 Å². The van der Waals surface area contributed by atoms with Crippen molar-refractivity contribution in [1.29, 1.82) is 0 Å². The lowest BCUT2D eigenvalue weighted by Crippen LogP contribution is -2.28. The van der Waals surface area contributed by atoms with Crippen molar-refractivity contribution in [3.63, 3.8) is 0 Å². The van der Waals surface area contributed by atoms with E-state index < -0.39 is 0 Å². The first-order chi connectivity index (χ1) is 13.5. The second kappa shape index (κ2) is 7.57. The fourth-order valence-corrected chi connectivity index (χ4v) is 3.80. The van der Waals surface area contributed by atoms with Crippen LogP contribution in [0.15, 0.2) is 52.9 Å². The number of rotatable bonds is 5. The van der Waals surface area contributed by atoms with Crippen molar-refractivity contribution in [2.75, 3.05) is 7.05 Å². The maximum atomic E-state index is 12.7. The number of halogens is 1. The normalized spacial score (nSPS) is 11.1. The van der Waals surface area contributed by atoms with Crippen LogP contribution in [-0.4, -0.2) is 37.6 Å². The Morgan fingerprint density at radius 2 is 2.14 bits per heavy atom. The number of nitrogens with one attached hydrogen (secondary N) is 1. The fourth-order valence-electron chi connectivity index (χ4n) is 2.87. The molecule has 0 atom stereocenters. The summed E-state index contributed by atoms with van der Waals surface area (Å²) in [4.78, 5) is 33.4. The summed E-state index contributed by atoms with van der Waals surface area (Å²) >= 11 is 7.52. The van der Waals surface area contributed by atoms with Crippen LogP contribution in [0.2, 0.25) is 5.02 Å². The first kappa shape index (κ1) is 18.4. The Morgan fingerprint density at radius 3 is 2.96 bits per heavy atom. The minimum absolute atomic E-state index is 0.190. The number of hydrogen-bond acceptors (Lipinski definition) is 5. The van der Waals surface area contributed by atoms with Gasteiger partial charge in [0.25, 0.3) is 11.5 Å². The number of amides is 1. The van der Waals surface area contributed by atoms with Crippen molar-refractivity contribution < 1.29 is 4.79 Å². The number of aromatic nitrogens is 4. The second-order valence-electron chi connectivity index (χ2n) is 6.33. The second-order valence-corrected chi connectivity index (χ2v) is 7.65. The van der Waals surface area contributed by atoms with Gasteiger partial charge in [-0.05, 0) is 23.1 Å². The molecule has 0 saturated carbocycles. The van der Waals surface area contributed by atoms with Crippen LogP contribution in [0.25, 0.3) is 10.2 Å². The number of thiophene rings is 1. The van der Waals surface area contributed by atoms with Crippen molar-refractivity contribution in [3.05, 3.63) is 80.4 Å². The highest BCUT2D eigenvalue weighted by molar-refractivity contribution is 7.17. The minimum Gasteiger partial charge on any atom is -0.334 e. The molecule has 28 heavy (non-hydrogen) atoms. The lowest BCUT2D eigenvalue weighted by atomic mass is 10.2. The van der Waals surface area contributed by atoms with Crippen LogP contribution in [-0.2, 0) is 13.1 Å². The highest BCUT2D eigenvalue weighted by atomic mass is 35.5. The Hall–Kier alpha value is -2.97. The van der Waals surface area contributed by atoms with Crippen molar-refractivity contribution in [3.8, 4) is 0 Å². The van der Waals surface area contributed by atoms with E-state index in [1.165, 1.54) is 22.4 Å². The molecule has 0 saturated heterocycles. The molecule has 1 aromatic carbocycles. The molecule has 0 aliphatic rings. The summed E-state index contributed by atoms with van der Waals surface area (Å²) in [6.45, 7) is 0.663. The molecule has 3 aromatic heterocycles. The summed E-state index contributed by atoms with van der Waals surface area (Å²) in [5.74, 6) is 0.230. The van der Waals surface area contributed by atoms with Crippen LogP contribution in [0.5, 0.6) is 0 Å². The molecule has 7 nitrogen and oxygen atoms in total. The van der Waals surface area contributed by atoms with Gasteiger partial charge in [0, 0.05) is 18.3 Å². The SMILES string of the molecule is CN(Cc1nc2ccsc2c(=O)[nH]1)C(=O)c1cnn(Cc2ccccc2Cl)c1. The summed E-state index contributed by atoms with van der Waals surface area (Å²) in [7, 11) is 1.66. The molecule has 9 heteroatoms. The number of carbonyl (C=O) groups excluding carboxylic acids is 1. The third-order valence-corrected chi connectivity index (χ3v) is 5.54. The van der Waals surface area contributed by atoms with Gasteiger partial charge < -0.3 is 9.88 Å². The maximum Gasteiger partial charge on any atom is 0.268 e. The smallest absolute Gasteiger partial charge is 0.268 e. The quantitative estimate of drug-likeness (QED) is 0.544. The third kappa shape index (κ3) is 3.69. The molecule has 4 aromatic rings. The minimum atomic E-state index is -0.210. The number of carbonyl (C=O) groups is 1. The Bertz CT molecular complexity index is 1210. The third-order valence-electron chi connectivity index (χ3n) is 4.27. The largest absolute Gasteiger partial charge is 0.334 e. The van der Waals surface area contributed by atoms with Crippen molar-refractivity contribution >= 4 is 39.1 Å². The van der Waals surface area contributed by atoms with E-state index in [4.69, 9.17) is 11.6 Å². The van der Waals surface area contributed by atoms with Crippen molar-refractivity contribution in [2.24, 2.45) is 0 Å². The Kier molecular flexibility index (Phi) is 4.97. The molecule has 4 rings (SSSR count). The van der Waals surface area contributed by atoms with E-state index in [1.807, 2.05) is 29.6 Å². The van der Waals surface area contributed by atoms with Gasteiger partial charge in [-0.3, -0.25) is 14.3 Å². The van der Waals surface area contributed by atoms with Gasteiger partial charge in [-0.25, -0.2) is 4.98 Å². The molecule has 0 fully saturated rings. The zero-order chi connectivity index (χ0) is 19.7. The van der Waals surface area contributed by atoms with E-state index >= 15 is 0 Å². The average molecular weight is 414 g/mol. The molecule has 1 N–H and O–H groups in total. The van der Waals surface area contributed by atoms with E-state index in [-0.39, 0.29) is 18.0 Å². The highest BCUT2D eigenvalue weighted by Crippen LogP contribution is 2.17. The molecule has 0 aliphatic heterocycles. The van der Waals surface area contributed by atoms with E-state index in [2.05, 4.69) is 15.1 Å². The molecule has 0 bridgehead atoms. The standard InChI is InChI=1S/C19H16ClN5O2S/c1-24(11-16-22-15-6-7-28-17(15)18(26)23-16)19(27)13-8-21-25(10-13)9-12-4-2-3-5-14(12)20/h2-8,10H,9,11H2,1H3,(H,22,23,26). The monoisotopic (exact) mass is 413 g/mol. The molecule has 0 aliphatic carbocycles. The Morgan fingerprint density at radius 1 is 1.32 bits per heavy atom. The Balaban J connectivity index is 1.48. The average Bonchev–Trinajstić information content (AvgIpc) is 3.32. The van der Waals surface area contributed by atoms with Crippen LogP contribution >= 0.6 is 22.9 Å². The van der Waals surface area contributed by atoms with Gasteiger partial charge in [-0.1, -0.05) is 29.8 Å². The van der Waals surface area contributed by atoms with Gasteiger partial charge >= 0.3 is 0 Å². The summed E-state index contributed by atoms with van der Waals surface area (Å²) < 4.78 is 2.25. The molecule has 0 spiro atoms. The number of benzene rings is 1. The Labute approximate surface area is 169 Å². The number of fused-ring (bicyclic) bond motifs is 1. The van der Waals surface area contributed by atoms with Crippen LogP contribution in [0.3, 0.4) is 0 Å². The van der Waals surface area contributed by atoms with Crippen LogP contribution < -0.4 is 5.56 Å². The lowest BCUT2D eigenvalue weighted by molar-refractivity contribution is 0.0781. The van der Waals surface area contributed by atoms with E-state index in [9.17, 15) is 9.59 Å². The number of aromatic amines is 1. The van der Waals surface area contributed by atoms with Gasteiger partial charge in [-0.2, -0.15) is 5.10 Å². The summed E-state index contributed by atoms with van der Waals surface area (Å²) in [6.07, 6.45) is 3.20. The number of H-pyrrole nitrogens is 1. The van der Waals surface area contributed by atoms with Gasteiger partial charge in [0.2, 0.25) is 0 Å². The zero-order valence-electron chi connectivity index (χ0n) is 14.9. The van der Waals surface area contributed by atoms with Crippen molar-refractivity contribution in [1.82, 2.24) is 24.6 Å². The van der Waals surface area contributed by atoms with E-state index in [0.29, 0.717) is 33.2 Å². The van der Waals surface area contributed by atoms with Gasteiger partial charge in [0.1, 0.15) is 10.5 Å².